The second-order valence-electron chi connectivity index (χ2n) is 3.89. The molecule has 0 aliphatic heterocycles. The number of aliphatic carboxylic acids is 1. The van der Waals surface area contributed by atoms with Crippen LogP contribution >= 0.6 is 11.3 Å². The largest absolute Gasteiger partial charge is 0.481 e. The van der Waals surface area contributed by atoms with E-state index < -0.39 is 5.97 Å². The molecule has 0 spiro atoms. The van der Waals surface area contributed by atoms with Crippen LogP contribution in [-0.2, 0) is 11.2 Å². The third-order valence-electron chi connectivity index (χ3n) is 2.65. The molecule has 2 N–H and O–H groups in total. The van der Waals surface area contributed by atoms with Crippen molar-refractivity contribution >= 4 is 22.4 Å². The molecule has 4 nitrogen and oxygen atoms in total. The second kappa shape index (κ2) is 4.61. The Hall–Kier alpha value is -1.10. The van der Waals surface area contributed by atoms with Gasteiger partial charge in [-0.15, -0.1) is 11.3 Å². The fourth-order valence-electron chi connectivity index (χ4n) is 1.55. The number of rotatable bonds is 5. The first-order chi connectivity index (χ1) is 7.24. The smallest absolute Gasteiger partial charge is 0.309 e. The lowest BCUT2D eigenvalue weighted by atomic mass is 9.86. The lowest BCUT2D eigenvalue weighted by Gasteiger charge is -2.25. The van der Waals surface area contributed by atoms with Crippen LogP contribution in [0.3, 0.4) is 0 Å². The minimum Gasteiger partial charge on any atom is -0.481 e. The first-order valence-electron chi connectivity index (χ1n) is 5.14. The minimum atomic E-state index is -0.828. The summed E-state index contributed by atoms with van der Waals surface area (Å²) >= 11 is 1.48. The Labute approximate surface area is 92.3 Å². The highest BCUT2D eigenvalue weighted by molar-refractivity contribution is 7.13. The van der Waals surface area contributed by atoms with Crippen LogP contribution in [0.15, 0.2) is 5.38 Å². The van der Waals surface area contributed by atoms with Gasteiger partial charge in [0.2, 0.25) is 0 Å². The zero-order valence-corrected chi connectivity index (χ0v) is 9.22. The van der Waals surface area contributed by atoms with Gasteiger partial charge in [-0.1, -0.05) is 6.42 Å². The summed E-state index contributed by atoms with van der Waals surface area (Å²) in [7, 11) is 0. The van der Waals surface area contributed by atoms with Crippen LogP contribution in [0.1, 0.15) is 25.0 Å². The van der Waals surface area contributed by atoms with Crippen LogP contribution in [-0.4, -0.2) is 22.6 Å². The third-order valence-corrected chi connectivity index (χ3v) is 3.50. The quantitative estimate of drug-likeness (QED) is 0.806. The van der Waals surface area contributed by atoms with Crippen molar-refractivity contribution in [2.45, 2.75) is 25.7 Å². The maximum Gasteiger partial charge on any atom is 0.309 e. The number of anilines is 1. The molecule has 0 bridgehead atoms. The second-order valence-corrected chi connectivity index (χ2v) is 4.75. The summed E-state index contributed by atoms with van der Waals surface area (Å²) in [6.07, 6.45) is 3.97. The summed E-state index contributed by atoms with van der Waals surface area (Å²) in [5, 5.41) is 14.5. The van der Waals surface area contributed by atoms with E-state index in [1.807, 2.05) is 0 Å². The molecule has 1 aliphatic rings. The summed E-state index contributed by atoms with van der Waals surface area (Å²) in [6.45, 7) is 0.972. The summed E-state index contributed by atoms with van der Waals surface area (Å²) in [6, 6.07) is 0. The molecule has 0 aromatic carbocycles. The van der Waals surface area contributed by atoms with Crippen molar-refractivity contribution in [1.82, 2.24) is 4.98 Å². The van der Waals surface area contributed by atoms with Gasteiger partial charge < -0.3 is 10.4 Å². The van der Waals surface area contributed by atoms with E-state index >= 15 is 0 Å². The molecule has 1 heterocycles. The number of hydrogen-bond donors (Lipinski definition) is 2. The Morgan fingerprint density at radius 2 is 2.47 bits per heavy atom. The standard InChI is InChI=1S/C10H14N2O2S/c13-9(14)4-8-6-15-10(12-8)11-5-7-2-1-3-7/h6-7H,1-5H2,(H,11,12)(H,13,14). The normalized spacial score (nSPS) is 16.0. The predicted molar refractivity (Wildman–Crippen MR) is 59.3 cm³/mol. The first-order valence-corrected chi connectivity index (χ1v) is 6.02. The van der Waals surface area contributed by atoms with E-state index in [-0.39, 0.29) is 6.42 Å². The van der Waals surface area contributed by atoms with E-state index in [4.69, 9.17) is 5.11 Å². The molecule has 2 rings (SSSR count). The molecular formula is C10H14N2O2S. The molecule has 0 amide bonds. The Morgan fingerprint density at radius 3 is 3.07 bits per heavy atom. The number of carbonyl (C=O) groups is 1. The maximum absolute atomic E-state index is 10.4. The maximum atomic E-state index is 10.4. The Balaban J connectivity index is 1.80. The minimum absolute atomic E-state index is 0.0155. The molecular weight excluding hydrogens is 212 g/mol. The van der Waals surface area contributed by atoms with E-state index in [1.165, 1.54) is 30.6 Å². The Kier molecular flexibility index (Phi) is 3.20. The lowest BCUT2D eigenvalue weighted by molar-refractivity contribution is -0.136. The Bertz CT molecular complexity index is 347. The van der Waals surface area contributed by atoms with Crippen molar-refractivity contribution in [1.29, 1.82) is 0 Å². The Morgan fingerprint density at radius 1 is 1.67 bits per heavy atom. The lowest BCUT2D eigenvalue weighted by Crippen LogP contribution is -2.20. The van der Waals surface area contributed by atoms with Crippen molar-refractivity contribution in [3.05, 3.63) is 11.1 Å². The average molecular weight is 226 g/mol. The van der Waals surface area contributed by atoms with Gasteiger partial charge >= 0.3 is 5.97 Å². The monoisotopic (exact) mass is 226 g/mol. The zero-order valence-electron chi connectivity index (χ0n) is 8.40. The van der Waals surface area contributed by atoms with Gasteiger partial charge in [-0.05, 0) is 18.8 Å². The fraction of sp³-hybridized carbons (Fsp3) is 0.600. The van der Waals surface area contributed by atoms with E-state index in [0.29, 0.717) is 5.69 Å². The zero-order chi connectivity index (χ0) is 10.7. The van der Waals surface area contributed by atoms with Gasteiger partial charge in [0.25, 0.3) is 0 Å². The van der Waals surface area contributed by atoms with Crippen LogP contribution in [0.4, 0.5) is 5.13 Å². The molecule has 82 valence electrons. The third kappa shape index (κ3) is 2.92. The van der Waals surface area contributed by atoms with E-state index in [9.17, 15) is 4.79 Å². The number of nitrogens with zero attached hydrogens (tertiary/aromatic N) is 1. The van der Waals surface area contributed by atoms with Crippen LogP contribution in [0.5, 0.6) is 0 Å². The van der Waals surface area contributed by atoms with Crippen LogP contribution < -0.4 is 5.32 Å². The molecule has 1 fully saturated rings. The molecule has 0 saturated heterocycles. The highest BCUT2D eigenvalue weighted by atomic mass is 32.1. The molecule has 0 unspecified atom stereocenters. The molecule has 1 aromatic rings. The van der Waals surface area contributed by atoms with Crippen molar-refractivity contribution in [2.75, 3.05) is 11.9 Å². The highest BCUT2D eigenvalue weighted by Gasteiger charge is 2.17. The van der Waals surface area contributed by atoms with Crippen LogP contribution in [0.2, 0.25) is 0 Å². The van der Waals surface area contributed by atoms with Gasteiger partial charge in [0.05, 0.1) is 12.1 Å². The highest BCUT2D eigenvalue weighted by Crippen LogP contribution is 2.27. The van der Waals surface area contributed by atoms with Gasteiger partial charge in [-0.2, -0.15) is 0 Å². The molecule has 15 heavy (non-hydrogen) atoms. The molecule has 0 atom stereocenters. The van der Waals surface area contributed by atoms with Crippen molar-refractivity contribution < 1.29 is 9.90 Å². The molecule has 0 radical (unpaired) electrons. The predicted octanol–water partition coefficient (Wildman–Crippen LogP) is 1.98. The van der Waals surface area contributed by atoms with Crippen molar-refractivity contribution in [3.8, 4) is 0 Å². The molecule has 1 aliphatic carbocycles. The van der Waals surface area contributed by atoms with E-state index in [1.54, 1.807) is 5.38 Å². The molecule has 1 saturated carbocycles. The van der Waals surface area contributed by atoms with Gasteiger partial charge in [-0.3, -0.25) is 4.79 Å². The topological polar surface area (TPSA) is 62.2 Å². The number of aromatic nitrogens is 1. The van der Waals surface area contributed by atoms with Gasteiger partial charge in [0.15, 0.2) is 5.13 Å². The number of carboxylic acids is 1. The SMILES string of the molecule is O=C(O)Cc1csc(NCC2CCC2)n1. The van der Waals surface area contributed by atoms with E-state index in [0.717, 1.165) is 17.6 Å². The van der Waals surface area contributed by atoms with Gasteiger partial charge in [0.1, 0.15) is 0 Å². The molecule has 5 heteroatoms. The fourth-order valence-corrected chi connectivity index (χ4v) is 2.27. The number of hydrogen-bond acceptors (Lipinski definition) is 4. The van der Waals surface area contributed by atoms with Gasteiger partial charge in [0, 0.05) is 11.9 Å². The number of carboxylic acid groups (broad SMARTS) is 1. The summed E-state index contributed by atoms with van der Waals surface area (Å²) < 4.78 is 0. The van der Waals surface area contributed by atoms with Gasteiger partial charge in [-0.25, -0.2) is 4.98 Å². The average Bonchev–Trinajstić information content (AvgIpc) is 2.48. The number of thiazole rings is 1. The van der Waals surface area contributed by atoms with Crippen molar-refractivity contribution in [3.63, 3.8) is 0 Å². The van der Waals surface area contributed by atoms with Crippen LogP contribution in [0, 0.1) is 5.92 Å². The summed E-state index contributed by atoms with van der Waals surface area (Å²) in [5.41, 5.74) is 0.642. The molecule has 1 aromatic heterocycles. The van der Waals surface area contributed by atoms with E-state index in [2.05, 4.69) is 10.3 Å². The van der Waals surface area contributed by atoms with Crippen molar-refractivity contribution in [2.24, 2.45) is 5.92 Å². The number of nitrogens with one attached hydrogen (secondary N) is 1. The summed E-state index contributed by atoms with van der Waals surface area (Å²) in [5.74, 6) is -0.0392. The van der Waals surface area contributed by atoms with Crippen LogP contribution in [0.25, 0.3) is 0 Å². The summed E-state index contributed by atoms with van der Waals surface area (Å²) in [4.78, 5) is 14.7. The first kappa shape index (κ1) is 10.4.